The molecule has 4 aromatic heterocycles. The number of anilines is 3. The molecule has 2 saturated heterocycles. The molecule has 6 rings (SSSR count). The molecule has 0 bridgehead atoms. The van der Waals surface area contributed by atoms with Crippen molar-refractivity contribution < 1.29 is 9.47 Å². The summed E-state index contributed by atoms with van der Waals surface area (Å²) >= 11 is 1.69. The first-order valence-corrected chi connectivity index (χ1v) is 12.1. The summed E-state index contributed by atoms with van der Waals surface area (Å²) in [4.78, 5) is 28.3. The maximum absolute atomic E-state index is 5.67. The van der Waals surface area contributed by atoms with E-state index >= 15 is 0 Å². The fourth-order valence-electron chi connectivity index (χ4n) is 4.14. The zero-order valence-corrected chi connectivity index (χ0v) is 19.4. The van der Waals surface area contributed by atoms with E-state index in [1.807, 2.05) is 6.20 Å². The van der Waals surface area contributed by atoms with Gasteiger partial charge in [0, 0.05) is 55.2 Å². The molecule has 2 aliphatic rings. The van der Waals surface area contributed by atoms with Gasteiger partial charge in [0.05, 0.1) is 42.2 Å². The van der Waals surface area contributed by atoms with Crippen LogP contribution in [-0.4, -0.2) is 77.5 Å². The zero-order valence-electron chi connectivity index (χ0n) is 18.6. The quantitative estimate of drug-likeness (QED) is 0.471. The Kier molecular flexibility index (Phi) is 5.65. The number of rotatable bonds is 4. The van der Waals surface area contributed by atoms with Crippen LogP contribution in [0.4, 0.5) is 17.6 Å². The molecule has 174 valence electrons. The topological polar surface area (TPSA) is 115 Å². The van der Waals surface area contributed by atoms with E-state index in [1.54, 1.807) is 23.7 Å². The van der Waals surface area contributed by atoms with Crippen molar-refractivity contribution >= 4 is 39.1 Å². The SMILES string of the molecule is Nc1ncc(-c2nc(N3CCOCC3)c3sc(-c4ccc(N5CCOCC5)nc4)cc3n2)cn1. The number of ether oxygens (including phenoxy) is 2. The lowest BCUT2D eigenvalue weighted by Gasteiger charge is -2.28. The Morgan fingerprint density at radius 2 is 1.47 bits per heavy atom. The van der Waals surface area contributed by atoms with Gasteiger partial charge >= 0.3 is 0 Å². The summed E-state index contributed by atoms with van der Waals surface area (Å²) in [5.41, 5.74) is 8.35. The number of nitrogens with two attached hydrogens (primary N) is 1. The number of fused-ring (bicyclic) bond motifs is 1. The van der Waals surface area contributed by atoms with Crippen LogP contribution >= 0.6 is 11.3 Å². The lowest BCUT2D eigenvalue weighted by Crippen LogP contribution is -2.36. The first-order valence-electron chi connectivity index (χ1n) is 11.3. The van der Waals surface area contributed by atoms with E-state index in [9.17, 15) is 0 Å². The average Bonchev–Trinajstić information content (AvgIpc) is 3.34. The predicted octanol–water partition coefficient (Wildman–Crippen LogP) is 2.47. The van der Waals surface area contributed by atoms with E-state index in [4.69, 9.17) is 30.2 Å². The van der Waals surface area contributed by atoms with Crippen molar-refractivity contribution in [2.24, 2.45) is 0 Å². The number of nitrogen functional groups attached to an aromatic ring is 1. The third kappa shape index (κ3) is 4.13. The molecule has 0 aromatic carbocycles. The lowest BCUT2D eigenvalue weighted by atomic mass is 10.2. The van der Waals surface area contributed by atoms with Crippen molar-refractivity contribution in [2.75, 3.05) is 68.1 Å². The van der Waals surface area contributed by atoms with Crippen LogP contribution in [0.1, 0.15) is 0 Å². The molecule has 0 spiro atoms. The van der Waals surface area contributed by atoms with Gasteiger partial charge in [0.15, 0.2) is 11.6 Å². The minimum absolute atomic E-state index is 0.226. The summed E-state index contributed by atoms with van der Waals surface area (Å²) in [7, 11) is 0. The summed E-state index contributed by atoms with van der Waals surface area (Å²) in [5.74, 6) is 2.70. The van der Waals surface area contributed by atoms with Gasteiger partial charge < -0.3 is 25.0 Å². The maximum Gasteiger partial charge on any atom is 0.219 e. The second-order valence-electron chi connectivity index (χ2n) is 8.13. The lowest BCUT2D eigenvalue weighted by molar-refractivity contribution is 0.122. The van der Waals surface area contributed by atoms with Gasteiger partial charge in [-0.2, -0.15) is 0 Å². The third-order valence-electron chi connectivity index (χ3n) is 5.96. The smallest absolute Gasteiger partial charge is 0.219 e. The van der Waals surface area contributed by atoms with Gasteiger partial charge in [0.2, 0.25) is 5.95 Å². The van der Waals surface area contributed by atoms with Gasteiger partial charge in [-0.3, -0.25) is 0 Å². The van der Waals surface area contributed by atoms with E-state index in [0.717, 1.165) is 77.2 Å². The van der Waals surface area contributed by atoms with E-state index in [2.05, 4.69) is 38.0 Å². The Hall–Kier alpha value is -3.41. The summed E-state index contributed by atoms with van der Waals surface area (Å²) in [6.07, 6.45) is 5.26. The Balaban J connectivity index is 1.39. The molecule has 0 radical (unpaired) electrons. The highest BCUT2D eigenvalue weighted by Gasteiger charge is 2.21. The normalized spacial score (nSPS) is 16.8. The summed E-state index contributed by atoms with van der Waals surface area (Å²) in [5, 5.41) is 0. The number of aromatic nitrogens is 5. The van der Waals surface area contributed by atoms with Crippen molar-refractivity contribution in [1.29, 1.82) is 0 Å². The first-order chi connectivity index (χ1) is 16.7. The highest BCUT2D eigenvalue weighted by molar-refractivity contribution is 7.22. The Morgan fingerprint density at radius 3 is 2.15 bits per heavy atom. The molecule has 0 saturated carbocycles. The van der Waals surface area contributed by atoms with E-state index < -0.39 is 0 Å². The molecule has 0 atom stereocenters. The molecular weight excluding hydrogens is 452 g/mol. The summed E-state index contributed by atoms with van der Waals surface area (Å²) < 4.78 is 12.1. The minimum atomic E-state index is 0.226. The monoisotopic (exact) mass is 476 g/mol. The molecule has 11 heteroatoms. The molecule has 2 aliphatic heterocycles. The van der Waals surface area contributed by atoms with Crippen LogP contribution in [0.5, 0.6) is 0 Å². The van der Waals surface area contributed by atoms with E-state index in [1.165, 1.54) is 0 Å². The Morgan fingerprint density at radius 1 is 0.794 bits per heavy atom. The number of morpholine rings is 2. The molecule has 0 amide bonds. The number of nitrogens with zero attached hydrogens (tertiary/aromatic N) is 7. The van der Waals surface area contributed by atoms with Gasteiger partial charge in [0.25, 0.3) is 0 Å². The molecule has 0 aliphatic carbocycles. The number of pyridine rings is 1. The number of hydrogen-bond donors (Lipinski definition) is 1. The van der Waals surface area contributed by atoms with Crippen molar-refractivity contribution in [3.63, 3.8) is 0 Å². The van der Waals surface area contributed by atoms with Crippen LogP contribution in [0.25, 0.3) is 32.0 Å². The fourth-order valence-corrected chi connectivity index (χ4v) is 5.24. The summed E-state index contributed by atoms with van der Waals surface area (Å²) in [6.45, 7) is 6.14. The van der Waals surface area contributed by atoms with Crippen molar-refractivity contribution in [3.8, 4) is 21.8 Å². The van der Waals surface area contributed by atoms with Gasteiger partial charge in [-0.05, 0) is 18.2 Å². The van der Waals surface area contributed by atoms with Crippen LogP contribution in [0, 0.1) is 0 Å². The van der Waals surface area contributed by atoms with Gasteiger partial charge in [-0.15, -0.1) is 11.3 Å². The maximum atomic E-state index is 5.67. The predicted molar refractivity (Wildman–Crippen MR) is 132 cm³/mol. The standard InChI is InChI=1S/C23H24N8O2S/c24-23-26-13-16(14-27-23)21-28-17-11-18(34-20(17)22(29-21)31-5-9-33-10-6-31)15-1-2-19(25-12-15)30-3-7-32-8-4-30/h1-2,11-14H,3-10H2,(H2,24,26,27). The first kappa shape index (κ1) is 21.1. The Labute approximate surface area is 200 Å². The Bertz CT molecular complexity index is 1280. The molecule has 10 nitrogen and oxygen atoms in total. The molecule has 2 fully saturated rings. The second kappa shape index (κ2) is 9.09. The molecule has 34 heavy (non-hydrogen) atoms. The fraction of sp³-hybridized carbons (Fsp3) is 0.348. The highest BCUT2D eigenvalue weighted by Crippen LogP contribution is 2.38. The molecule has 2 N–H and O–H groups in total. The van der Waals surface area contributed by atoms with Crippen LogP contribution in [-0.2, 0) is 9.47 Å². The van der Waals surface area contributed by atoms with Crippen LogP contribution in [0.2, 0.25) is 0 Å². The van der Waals surface area contributed by atoms with Crippen LogP contribution in [0.3, 0.4) is 0 Å². The van der Waals surface area contributed by atoms with Gasteiger partial charge in [-0.1, -0.05) is 0 Å². The zero-order chi connectivity index (χ0) is 22.9. The number of thiophene rings is 1. The van der Waals surface area contributed by atoms with Gasteiger partial charge in [-0.25, -0.2) is 24.9 Å². The summed E-state index contributed by atoms with van der Waals surface area (Å²) in [6, 6.07) is 6.31. The van der Waals surface area contributed by atoms with Crippen LogP contribution in [0.15, 0.2) is 36.8 Å². The largest absolute Gasteiger partial charge is 0.378 e. The van der Waals surface area contributed by atoms with Crippen LogP contribution < -0.4 is 15.5 Å². The minimum Gasteiger partial charge on any atom is -0.378 e. The molecule has 6 heterocycles. The number of hydrogen-bond acceptors (Lipinski definition) is 11. The van der Waals surface area contributed by atoms with E-state index in [0.29, 0.717) is 19.0 Å². The van der Waals surface area contributed by atoms with E-state index in [-0.39, 0.29) is 5.95 Å². The van der Waals surface area contributed by atoms with Crippen molar-refractivity contribution in [3.05, 3.63) is 36.8 Å². The molecule has 4 aromatic rings. The van der Waals surface area contributed by atoms with Crippen molar-refractivity contribution in [1.82, 2.24) is 24.9 Å². The van der Waals surface area contributed by atoms with Gasteiger partial charge in [0.1, 0.15) is 5.82 Å². The third-order valence-corrected chi connectivity index (χ3v) is 7.13. The highest BCUT2D eigenvalue weighted by atomic mass is 32.1. The van der Waals surface area contributed by atoms with Crippen molar-refractivity contribution in [2.45, 2.75) is 0 Å². The molecule has 0 unspecified atom stereocenters. The molecular formula is C23H24N8O2S. The second-order valence-corrected chi connectivity index (χ2v) is 9.18. The average molecular weight is 477 g/mol.